The van der Waals surface area contributed by atoms with E-state index in [1.165, 1.54) is 0 Å². The normalized spacial score (nSPS) is 15.1. The highest BCUT2D eigenvalue weighted by Crippen LogP contribution is 2.43. The molecule has 0 radical (unpaired) electrons. The Hall–Kier alpha value is -3.65. The summed E-state index contributed by atoms with van der Waals surface area (Å²) in [6, 6.07) is 12.3. The maximum Gasteiger partial charge on any atom is 0.274 e. The molecule has 32 heavy (non-hydrogen) atoms. The van der Waals surface area contributed by atoms with E-state index < -0.39 is 11.3 Å². The van der Waals surface area contributed by atoms with Crippen molar-refractivity contribution in [2.24, 2.45) is 0 Å². The van der Waals surface area contributed by atoms with Crippen molar-refractivity contribution in [1.82, 2.24) is 15.7 Å². The molecule has 1 aromatic heterocycles. The van der Waals surface area contributed by atoms with E-state index in [9.17, 15) is 9.59 Å². The standard InChI is InChI=1S/C24H26N4O4/c1-32-21-10-7-18(13-20(21)17-14-25-26-15-17)24(11-3-2-4-12-24)23(30)27-19-8-5-16(6-9-19)22(29)28-31/h5-10,13-15,31H,2-4,11-12H2,1H3,(H,25,26)(H,27,30)(H,28,29). The number of H-pyrrole nitrogens is 1. The van der Waals surface area contributed by atoms with Gasteiger partial charge in [0.2, 0.25) is 5.91 Å². The number of hydrogen-bond donors (Lipinski definition) is 4. The highest BCUT2D eigenvalue weighted by Gasteiger charge is 2.41. The molecule has 0 spiro atoms. The number of aromatic nitrogens is 2. The van der Waals surface area contributed by atoms with E-state index in [-0.39, 0.29) is 5.91 Å². The molecule has 0 atom stereocenters. The van der Waals surface area contributed by atoms with Gasteiger partial charge in [0.25, 0.3) is 5.91 Å². The van der Waals surface area contributed by atoms with Crippen molar-refractivity contribution in [2.75, 3.05) is 12.4 Å². The first-order valence-electron chi connectivity index (χ1n) is 10.6. The van der Waals surface area contributed by atoms with Crippen LogP contribution in [0.5, 0.6) is 5.75 Å². The summed E-state index contributed by atoms with van der Waals surface area (Å²) in [7, 11) is 1.63. The Kier molecular flexibility index (Phi) is 6.23. The third kappa shape index (κ3) is 4.09. The number of methoxy groups -OCH3 is 1. The molecule has 0 bridgehead atoms. The van der Waals surface area contributed by atoms with Crippen LogP contribution < -0.4 is 15.5 Å². The van der Waals surface area contributed by atoms with Crippen molar-refractivity contribution in [3.05, 3.63) is 66.0 Å². The molecular formula is C24H26N4O4. The lowest BCUT2D eigenvalue weighted by Gasteiger charge is -2.36. The van der Waals surface area contributed by atoms with Crippen molar-refractivity contribution in [1.29, 1.82) is 0 Å². The third-order valence-corrected chi connectivity index (χ3v) is 6.21. The van der Waals surface area contributed by atoms with E-state index in [1.54, 1.807) is 49.2 Å². The quantitative estimate of drug-likeness (QED) is 0.345. The number of nitrogens with one attached hydrogen (secondary N) is 3. The minimum atomic E-state index is -0.663. The van der Waals surface area contributed by atoms with Gasteiger partial charge in [0.1, 0.15) is 5.75 Å². The summed E-state index contributed by atoms with van der Waals surface area (Å²) in [4.78, 5) is 25.2. The topological polar surface area (TPSA) is 116 Å². The molecule has 166 valence electrons. The number of ether oxygens (including phenoxy) is 1. The average molecular weight is 434 g/mol. The predicted molar refractivity (Wildman–Crippen MR) is 120 cm³/mol. The van der Waals surface area contributed by atoms with Crippen LogP contribution >= 0.6 is 0 Å². The molecule has 0 saturated heterocycles. The number of rotatable bonds is 6. The smallest absolute Gasteiger partial charge is 0.274 e. The number of carbonyl (C=O) groups is 2. The molecule has 3 aromatic rings. The molecule has 0 unspecified atom stereocenters. The van der Waals surface area contributed by atoms with Gasteiger partial charge in [-0.3, -0.25) is 19.9 Å². The molecule has 1 heterocycles. The predicted octanol–water partition coefficient (Wildman–Crippen LogP) is 4.04. The number of hydrogen-bond acceptors (Lipinski definition) is 5. The second-order valence-corrected chi connectivity index (χ2v) is 8.02. The molecule has 0 aliphatic heterocycles. The molecule has 4 N–H and O–H groups in total. The van der Waals surface area contributed by atoms with Crippen LogP contribution in [0.1, 0.15) is 48.0 Å². The third-order valence-electron chi connectivity index (χ3n) is 6.21. The Morgan fingerprint density at radius 2 is 1.84 bits per heavy atom. The Bertz CT molecular complexity index is 1090. The van der Waals surface area contributed by atoms with Crippen LogP contribution in [0, 0.1) is 0 Å². The highest BCUT2D eigenvalue weighted by atomic mass is 16.5. The van der Waals surface area contributed by atoms with E-state index in [0.717, 1.165) is 54.5 Å². The molecule has 4 rings (SSSR count). The lowest BCUT2D eigenvalue weighted by atomic mass is 9.68. The number of carbonyl (C=O) groups excluding carboxylic acids is 2. The van der Waals surface area contributed by atoms with Crippen LogP contribution in [-0.4, -0.2) is 34.3 Å². The monoisotopic (exact) mass is 434 g/mol. The molecule has 1 saturated carbocycles. The minimum Gasteiger partial charge on any atom is -0.496 e. The molecule has 8 heteroatoms. The SMILES string of the molecule is COc1ccc(C2(C(=O)Nc3ccc(C(=O)NO)cc3)CCCCC2)cc1-c1cn[nH]c1. The van der Waals surface area contributed by atoms with Gasteiger partial charge < -0.3 is 10.1 Å². The number of aromatic amines is 1. The summed E-state index contributed by atoms with van der Waals surface area (Å²) in [5.41, 5.74) is 4.57. The van der Waals surface area contributed by atoms with Crippen molar-refractivity contribution in [3.63, 3.8) is 0 Å². The molecule has 2 amide bonds. The van der Waals surface area contributed by atoms with Crippen molar-refractivity contribution in [2.45, 2.75) is 37.5 Å². The molecular weight excluding hydrogens is 408 g/mol. The van der Waals surface area contributed by atoms with E-state index >= 15 is 0 Å². The molecule has 1 aliphatic carbocycles. The molecule has 1 aliphatic rings. The minimum absolute atomic E-state index is 0.0696. The van der Waals surface area contributed by atoms with Crippen LogP contribution in [0.15, 0.2) is 54.9 Å². The van der Waals surface area contributed by atoms with Crippen LogP contribution in [-0.2, 0) is 10.2 Å². The fourth-order valence-electron chi connectivity index (χ4n) is 4.45. The molecule has 2 aromatic carbocycles. The van der Waals surface area contributed by atoms with Gasteiger partial charge >= 0.3 is 0 Å². The summed E-state index contributed by atoms with van der Waals surface area (Å²) in [5, 5.41) is 18.7. The largest absolute Gasteiger partial charge is 0.496 e. The lowest BCUT2D eigenvalue weighted by molar-refractivity contribution is -0.122. The van der Waals surface area contributed by atoms with Gasteiger partial charge in [-0.15, -0.1) is 0 Å². The van der Waals surface area contributed by atoms with Gasteiger partial charge in [0.05, 0.1) is 18.7 Å². The van der Waals surface area contributed by atoms with Crippen LogP contribution in [0.3, 0.4) is 0 Å². The molecule has 8 nitrogen and oxygen atoms in total. The second-order valence-electron chi connectivity index (χ2n) is 8.02. The van der Waals surface area contributed by atoms with Crippen molar-refractivity contribution in [3.8, 4) is 16.9 Å². The summed E-state index contributed by atoms with van der Waals surface area (Å²) in [6.45, 7) is 0. The zero-order chi connectivity index (χ0) is 22.6. The Morgan fingerprint density at radius 1 is 1.09 bits per heavy atom. The highest BCUT2D eigenvalue weighted by molar-refractivity contribution is 6.00. The van der Waals surface area contributed by atoms with Crippen LogP contribution in [0.2, 0.25) is 0 Å². The van der Waals surface area contributed by atoms with Crippen molar-refractivity contribution >= 4 is 17.5 Å². The summed E-state index contributed by atoms with van der Waals surface area (Å²) < 4.78 is 5.55. The maximum absolute atomic E-state index is 13.6. The summed E-state index contributed by atoms with van der Waals surface area (Å²) in [5.74, 6) is 0.0516. The van der Waals surface area contributed by atoms with Gasteiger partial charge in [-0.2, -0.15) is 5.10 Å². The first-order chi connectivity index (χ1) is 15.6. The van der Waals surface area contributed by atoms with Crippen LogP contribution in [0.4, 0.5) is 5.69 Å². The lowest BCUT2D eigenvalue weighted by Crippen LogP contribution is -2.42. The fraction of sp³-hybridized carbons (Fsp3) is 0.292. The average Bonchev–Trinajstić information content (AvgIpc) is 3.39. The van der Waals surface area contributed by atoms with Gasteiger partial charge in [0, 0.05) is 28.6 Å². The second kappa shape index (κ2) is 9.23. The fourth-order valence-corrected chi connectivity index (χ4v) is 4.45. The van der Waals surface area contributed by atoms with E-state index in [4.69, 9.17) is 9.94 Å². The summed E-state index contributed by atoms with van der Waals surface area (Å²) >= 11 is 0. The van der Waals surface area contributed by atoms with Crippen LogP contribution in [0.25, 0.3) is 11.1 Å². The zero-order valence-electron chi connectivity index (χ0n) is 17.9. The number of anilines is 1. The van der Waals surface area contributed by atoms with E-state index in [1.807, 2.05) is 18.2 Å². The van der Waals surface area contributed by atoms with Crippen molar-refractivity contribution < 1.29 is 19.5 Å². The van der Waals surface area contributed by atoms with E-state index in [2.05, 4.69) is 15.5 Å². The van der Waals surface area contributed by atoms with Gasteiger partial charge in [-0.05, 0) is 54.8 Å². The first kappa shape index (κ1) is 21.6. The van der Waals surface area contributed by atoms with Gasteiger partial charge in [-0.1, -0.05) is 25.3 Å². The molecule has 1 fully saturated rings. The number of hydroxylamine groups is 1. The Balaban J connectivity index is 1.68. The zero-order valence-corrected chi connectivity index (χ0v) is 17.9. The number of benzene rings is 2. The first-order valence-corrected chi connectivity index (χ1v) is 10.6. The summed E-state index contributed by atoms with van der Waals surface area (Å²) in [6.07, 6.45) is 8.08. The van der Waals surface area contributed by atoms with E-state index in [0.29, 0.717) is 11.3 Å². The van der Waals surface area contributed by atoms with Gasteiger partial charge in [-0.25, -0.2) is 5.48 Å². The number of amides is 2. The number of nitrogens with zero attached hydrogens (tertiary/aromatic N) is 1. The van der Waals surface area contributed by atoms with Gasteiger partial charge in [0.15, 0.2) is 0 Å². The Labute approximate surface area is 186 Å². The maximum atomic E-state index is 13.6. The Morgan fingerprint density at radius 3 is 2.47 bits per heavy atom.